The molecule has 0 saturated carbocycles. The van der Waals surface area contributed by atoms with E-state index in [1.807, 2.05) is 6.07 Å². The monoisotopic (exact) mass is 311 g/mol. The van der Waals surface area contributed by atoms with E-state index in [1.54, 1.807) is 0 Å². The summed E-state index contributed by atoms with van der Waals surface area (Å²) in [5.41, 5.74) is 5.93. The molecule has 23 heavy (non-hydrogen) atoms. The van der Waals surface area contributed by atoms with Crippen LogP contribution in [0.3, 0.4) is 0 Å². The van der Waals surface area contributed by atoms with Gasteiger partial charge in [0.1, 0.15) is 6.10 Å². The molecular formula is C21H29NO. The van der Waals surface area contributed by atoms with Crippen LogP contribution in [-0.2, 0) is 11.3 Å². The Hall–Kier alpha value is -1.64. The first-order chi connectivity index (χ1) is 11.2. The van der Waals surface area contributed by atoms with Crippen LogP contribution in [-0.4, -0.2) is 6.04 Å². The van der Waals surface area contributed by atoms with Crippen LogP contribution in [0, 0.1) is 5.92 Å². The van der Waals surface area contributed by atoms with Crippen molar-refractivity contribution in [3.63, 3.8) is 0 Å². The molecule has 0 radical (unpaired) electrons. The summed E-state index contributed by atoms with van der Waals surface area (Å²) in [6, 6.07) is 21.4. The number of hydroxylamine groups is 1. The average molecular weight is 311 g/mol. The van der Waals surface area contributed by atoms with Gasteiger partial charge < -0.3 is 0 Å². The van der Waals surface area contributed by atoms with Gasteiger partial charge in [-0.15, -0.1) is 0 Å². The Balaban J connectivity index is 1.98. The van der Waals surface area contributed by atoms with Crippen molar-refractivity contribution in [2.75, 3.05) is 0 Å². The summed E-state index contributed by atoms with van der Waals surface area (Å²) in [6.45, 7) is 6.67. The van der Waals surface area contributed by atoms with Crippen molar-refractivity contribution >= 4 is 0 Å². The maximum absolute atomic E-state index is 6.11. The third kappa shape index (κ3) is 5.81. The fourth-order valence-electron chi connectivity index (χ4n) is 2.67. The van der Waals surface area contributed by atoms with Gasteiger partial charge in [-0.2, -0.15) is 5.48 Å². The lowest BCUT2D eigenvalue weighted by Gasteiger charge is -2.26. The highest BCUT2D eigenvalue weighted by Gasteiger charge is 2.18. The van der Waals surface area contributed by atoms with Crippen LogP contribution < -0.4 is 5.48 Å². The molecular weight excluding hydrogens is 282 g/mol. The van der Waals surface area contributed by atoms with Crippen LogP contribution in [0.1, 0.15) is 50.8 Å². The van der Waals surface area contributed by atoms with Crippen molar-refractivity contribution in [2.45, 2.75) is 52.2 Å². The molecule has 2 heteroatoms. The molecule has 124 valence electrons. The van der Waals surface area contributed by atoms with E-state index in [9.17, 15) is 0 Å². The first kappa shape index (κ1) is 17.7. The van der Waals surface area contributed by atoms with Gasteiger partial charge in [-0.05, 0) is 29.9 Å². The minimum Gasteiger partial charge on any atom is -0.293 e. The second kappa shape index (κ2) is 9.49. The molecule has 0 bridgehead atoms. The predicted octanol–water partition coefficient (Wildman–Crippen LogP) is 5.32. The molecule has 0 aliphatic carbocycles. The summed E-state index contributed by atoms with van der Waals surface area (Å²) in [4.78, 5) is 6.11. The Morgan fingerprint density at radius 1 is 0.913 bits per heavy atom. The quantitative estimate of drug-likeness (QED) is 0.633. The molecule has 2 atom stereocenters. The van der Waals surface area contributed by atoms with Crippen molar-refractivity contribution in [2.24, 2.45) is 5.92 Å². The maximum Gasteiger partial charge on any atom is 0.104 e. The Morgan fingerprint density at radius 2 is 1.52 bits per heavy atom. The van der Waals surface area contributed by atoms with E-state index in [4.69, 9.17) is 4.84 Å². The van der Waals surface area contributed by atoms with Gasteiger partial charge in [-0.25, -0.2) is 0 Å². The first-order valence-electron chi connectivity index (χ1n) is 8.70. The lowest BCUT2D eigenvalue weighted by atomic mass is 9.97. The predicted molar refractivity (Wildman–Crippen MR) is 97.1 cm³/mol. The highest BCUT2D eigenvalue weighted by molar-refractivity contribution is 5.18. The highest BCUT2D eigenvalue weighted by Crippen LogP contribution is 2.22. The molecule has 0 aliphatic heterocycles. The second-order valence-corrected chi connectivity index (χ2v) is 6.46. The molecule has 0 unspecified atom stereocenters. The van der Waals surface area contributed by atoms with Gasteiger partial charge in [-0.1, -0.05) is 87.9 Å². The summed E-state index contributed by atoms with van der Waals surface area (Å²) < 4.78 is 0. The molecule has 0 spiro atoms. The SMILES string of the molecule is CCC[C@@H](ON[C@@H](Cc1ccccc1)C(C)C)c1ccccc1. The summed E-state index contributed by atoms with van der Waals surface area (Å²) in [6.07, 6.45) is 3.21. The zero-order valence-electron chi connectivity index (χ0n) is 14.5. The number of benzene rings is 2. The highest BCUT2D eigenvalue weighted by atomic mass is 16.7. The molecule has 2 rings (SSSR count). The topological polar surface area (TPSA) is 21.3 Å². The molecule has 0 fully saturated rings. The first-order valence-corrected chi connectivity index (χ1v) is 8.70. The smallest absolute Gasteiger partial charge is 0.104 e. The van der Waals surface area contributed by atoms with Crippen LogP contribution in [0.4, 0.5) is 0 Å². The molecule has 0 aliphatic rings. The van der Waals surface area contributed by atoms with Gasteiger partial charge >= 0.3 is 0 Å². The molecule has 1 N–H and O–H groups in total. The minimum atomic E-state index is 0.109. The molecule has 2 aromatic rings. The van der Waals surface area contributed by atoms with Gasteiger partial charge in [0, 0.05) is 6.04 Å². The number of hydrogen-bond donors (Lipinski definition) is 1. The average Bonchev–Trinajstić information content (AvgIpc) is 2.59. The van der Waals surface area contributed by atoms with Gasteiger partial charge in [0.15, 0.2) is 0 Å². The third-order valence-corrected chi connectivity index (χ3v) is 4.19. The summed E-state index contributed by atoms with van der Waals surface area (Å²) in [7, 11) is 0. The van der Waals surface area contributed by atoms with Crippen LogP contribution in [0.25, 0.3) is 0 Å². The van der Waals surface area contributed by atoms with Gasteiger partial charge in [0.2, 0.25) is 0 Å². The molecule has 0 aromatic heterocycles. The Morgan fingerprint density at radius 3 is 2.09 bits per heavy atom. The minimum absolute atomic E-state index is 0.109. The van der Waals surface area contributed by atoms with E-state index in [0.29, 0.717) is 12.0 Å². The van der Waals surface area contributed by atoms with E-state index in [2.05, 4.69) is 80.8 Å². The van der Waals surface area contributed by atoms with Gasteiger partial charge in [0.25, 0.3) is 0 Å². The van der Waals surface area contributed by atoms with Crippen LogP contribution in [0.5, 0.6) is 0 Å². The van der Waals surface area contributed by atoms with Crippen molar-refractivity contribution in [3.05, 3.63) is 71.8 Å². The maximum atomic E-state index is 6.11. The summed E-state index contributed by atoms with van der Waals surface area (Å²) >= 11 is 0. The molecule has 2 aromatic carbocycles. The molecule has 0 saturated heterocycles. The normalized spacial score (nSPS) is 13.9. The van der Waals surface area contributed by atoms with Crippen LogP contribution in [0.15, 0.2) is 60.7 Å². The van der Waals surface area contributed by atoms with Crippen molar-refractivity contribution in [1.29, 1.82) is 0 Å². The van der Waals surface area contributed by atoms with Crippen molar-refractivity contribution < 1.29 is 4.84 Å². The van der Waals surface area contributed by atoms with E-state index in [1.165, 1.54) is 11.1 Å². The molecule has 2 nitrogen and oxygen atoms in total. The largest absolute Gasteiger partial charge is 0.293 e. The van der Waals surface area contributed by atoms with Crippen LogP contribution in [0.2, 0.25) is 0 Å². The summed E-state index contributed by atoms with van der Waals surface area (Å²) in [5, 5.41) is 0. The number of hydrogen-bond acceptors (Lipinski definition) is 2. The van der Waals surface area contributed by atoms with Crippen molar-refractivity contribution in [1.82, 2.24) is 5.48 Å². The zero-order chi connectivity index (χ0) is 16.5. The Labute approximate surface area is 140 Å². The standard InChI is InChI=1S/C21H29NO/c1-4-11-21(19-14-9-6-10-15-19)23-22-20(17(2)3)16-18-12-7-5-8-13-18/h5-10,12-15,17,20-22H,4,11,16H2,1-3H3/t20-,21+/m0/s1. The fraction of sp³-hybridized carbons (Fsp3) is 0.429. The van der Waals surface area contributed by atoms with E-state index < -0.39 is 0 Å². The van der Waals surface area contributed by atoms with E-state index >= 15 is 0 Å². The Kier molecular flexibility index (Phi) is 7.31. The van der Waals surface area contributed by atoms with Crippen molar-refractivity contribution in [3.8, 4) is 0 Å². The second-order valence-electron chi connectivity index (χ2n) is 6.46. The zero-order valence-corrected chi connectivity index (χ0v) is 14.5. The number of nitrogens with one attached hydrogen (secondary N) is 1. The molecule has 0 heterocycles. The third-order valence-electron chi connectivity index (χ3n) is 4.19. The Bertz CT molecular complexity index is 538. The summed E-state index contributed by atoms with van der Waals surface area (Å²) in [5.74, 6) is 0.508. The van der Waals surface area contributed by atoms with E-state index in [0.717, 1.165) is 19.3 Å². The van der Waals surface area contributed by atoms with Crippen LogP contribution >= 0.6 is 0 Å². The lowest BCUT2D eigenvalue weighted by molar-refractivity contribution is -0.0574. The molecule has 0 amide bonds. The van der Waals surface area contributed by atoms with Gasteiger partial charge in [-0.3, -0.25) is 4.84 Å². The van der Waals surface area contributed by atoms with Gasteiger partial charge in [0.05, 0.1) is 0 Å². The number of rotatable bonds is 9. The fourth-order valence-corrected chi connectivity index (χ4v) is 2.67. The van der Waals surface area contributed by atoms with E-state index in [-0.39, 0.29) is 6.10 Å². The lowest BCUT2D eigenvalue weighted by Crippen LogP contribution is -2.36.